The van der Waals surface area contributed by atoms with Gasteiger partial charge in [0.2, 0.25) is 0 Å². The van der Waals surface area contributed by atoms with Crippen LogP contribution in [0.5, 0.6) is 5.75 Å². The smallest absolute Gasteiger partial charge is 0.119 e. The molecule has 2 aromatic rings. The minimum Gasteiger partial charge on any atom is -0.492 e. The maximum atomic E-state index is 5.89. The zero-order valence-corrected chi connectivity index (χ0v) is 12.8. The van der Waals surface area contributed by atoms with E-state index in [1.165, 1.54) is 17.5 Å². The topological polar surface area (TPSA) is 39.1 Å². The van der Waals surface area contributed by atoms with Crippen molar-refractivity contribution in [3.8, 4) is 5.75 Å². The summed E-state index contributed by atoms with van der Waals surface area (Å²) >= 11 is 0. The van der Waals surface area contributed by atoms with E-state index in [0.29, 0.717) is 12.6 Å². The maximum Gasteiger partial charge on any atom is 0.119 e. The average molecular weight is 285 g/mol. The highest BCUT2D eigenvalue weighted by molar-refractivity contribution is 5.40. The Kier molecular flexibility index (Phi) is 4.25. The summed E-state index contributed by atoms with van der Waals surface area (Å²) in [5.41, 5.74) is 2.87. The summed E-state index contributed by atoms with van der Waals surface area (Å²) in [4.78, 5) is 4.22. The number of ether oxygens (including phenoxy) is 1. The van der Waals surface area contributed by atoms with E-state index in [9.17, 15) is 0 Å². The molecule has 1 aromatic carbocycles. The van der Waals surface area contributed by atoms with Crippen molar-refractivity contribution in [2.24, 2.45) is 0 Å². The second-order valence-electron chi connectivity index (χ2n) is 5.53. The van der Waals surface area contributed by atoms with Crippen molar-refractivity contribution < 1.29 is 4.74 Å². The number of hydrogen-bond acceptors (Lipinski definition) is 3. The highest BCUT2D eigenvalue weighted by atomic mass is 16.5. The van der Waals surface area contributed by atoms with Crippen molar-refractivity contribution in [1.29, 1.82) is 0 Å². The van der Waals surface area contributed by atoms with Gasteiger partial charge in [-0.1, -0.05) is 13.0 Å². The van der Waals surface area contributed by atoms with Crippen LogP contribution in [-0.4, -0.2) is 22.7 Å². The second-order valence-corrected chi connectivity index (χ2v) is 5.53. The first-order valence-electron chi connectivity index (χ1n) is 7.74. The van der Waals surface area contributed by atoms with E-state index >= 15 is 0 Å². The van der Waals surface area contributed by atoms with Crippen LogP contribution in [0.4, 0.5) is 0 Å². The summed E-state index contributed by atoms with van der Waals surface area (Å²) in [5.74, 6) is 2.00. The zero-order chi connectivity index (χ0) is 14.7. The second kappa shape index (κ2) is 6.31. The van der Waals surface area contributed by atoms with Gasteiger partial charge in [0.15, 0.2) is 0 Å². The highest BCUT2D eigenvalue weighted by Gasteiger charge is 2.21. The van der Waals surface area contributed by atoms with E-state index in [4.69, 9.17) is 4.74 Å². The first kappa shape index (κ1) is 14.1. The number of aromatic nitrogens is 2. The summed E-state index contributed by atoms with van der Waals surface area (Å²) in [6.45, 7) is 6.70. The van der Waals surface area contributed by atoms with Gasteiger partial charge in [-0.05, 0) is 49.6 Å². The van der Waals surface area contributed by atoms with Crippen LogP contribution in [0, 0.1) is 6.92 Å². The van der Waals surface area contributed by atoms with E-state index < -0.39 is 0 Å². The fraction of sp³-hybridized carbons (Fsp3) is 0.471. The van der Waals surface area contributed by atoms with Crippen molar-refractivity contribution >= 4 is 0 Å². The van der Waals surface area contributed by atoms with Crippen molar-refractivity contribution in [2.45, 2.75) is 39.3 Å². The van der Waals surface area contributed by atoms with Crippen LogP contribution in [0.2, 0.25) is 0 Å². The van der Waals surface area contributed by atoms with Crippen LogP contribution in [-0.2, 0) is 13.0 Å². The van der Waals surface area contributed by atoms with Gasteiger partial charge in [0.05, 0.1) is 6.54 Å². The Hall–Kier alpha value is -1.81. The first-order valence-corrected chi connectivity index (χ1v) is 7.74. The van der Waals surface area contributed by atoms with Gasteiger partial charge < -0.3 is 14.6 Å². The lowest BCUT2D eigenvalue weighted by molar-refractivity contribution is 0.297. The largest absolute Gasteiger partial charge is 0.492 e. The van der Waals surface area contributed by atoms with Crippen molar-refractivity contribution in [1.82, 2.24) is 14.9 Å². The molecule has 1 aromatic heterocycles. The molecule has 0 radical (unpaired) electrons. The quantitative estimate of drug-likeness (QED) is 0.887. The Morgan fingerprint density at radius 2 is 2.33 bits per heavy atom. The predicted octanol–water partition coefficient (Wildman–Crippen LogP) is 2.87. The summed E-state index contributed by atoms with van der Waals surface area (Å²) < 4.78 is 7.99. The number of fused-ring (bicyclic) bond motifs is 1. The Balaban J connectivity index is 1.59. The van der Waals surface area contributed by atoms with E-state index in [1.807, 2.05) is 19.3 Å². The third-order valence-corrected chi connectivity index (χ3v) is 4.17. The number of nitrogens with zero attached hydrogens (tertiary/aromatic N) is 2. The third-order valence-electron chi connectivity index (χ3n) is 4.17. The molecule has 1 unspecified atom stereocenters. The van der Waals surface area contributed by atoms with Crippen LogP contribution in [0.1, 0.15) is 36.3 Å². The number of nitrogens with one attached hydrogen (secondary N) is 1. The van der Waals surface area contributed by atoms with Crippen molar-refractivity contribution in [2.75, 3.05) is 13.2 Å². The molecule has 1 N–H and O–H groups in total. The highest BCUT2D eigenvalue weighted by Crippen LogP contribution is 2.33. The predicted molar refractivity (Wildman–Crippen MR) is 83.6 cm³/mol. The monoisotopic (exact) mass is 285 g/mol. The zero-order valence-electron chi connectivity index (χ0n) is 12.8. The van der Waals surface area contributed by atoms with Gasteiger partial charge in [-0.15, -0.1) is 0 Å². The molecular weight excluding hydrogens is 262 g/mol. The minimum absolute atomic E-state index is 0.521. The fourth-order valence-corrected chi connectivity index (χ4v) is 3.04. The summed E-state index contributed by atoms with van der Waals surface area (Å²) in [5, 5.41) is 3.54. The Labute approximate surface area is 126 Å². The molecule has 0 amide bonds. The van der Waals surface area contributed by atoms with Gasteiger partial charge in [0.25, 0.3) is 0 Å². The van der Waals surface area contributed by atoms with Crippen LogP contribution < -0.4 is 10.1 Å². The molecule has 0 fully saturated rings. The molecule has 1 aliphatic carbocycles. The number of benzene rings is 1. The Morgan fingerprint density at radius 3 is 3.10 bits per heavy atom. The molecule has 0 bridgehead atoms. The molecule has 3 rings (SSSR count). The average Bonchev–Trinajstić information content (AvgIpc) is 3.07. The van der Waals surface area contributed by atoms with E-state index in [-0.39, 0.29) is 0 Å². The first-order chi connectivity index (χ1) is 10.3. The Bertz CT molecular complexity index is 606. The van der Waals surface area contributed by atoms with Gasteiger partial charge in [0.1, 0.15) is 18.2 Å². The summed E-state index contributed by atoms with van der Waals surface area (Å²) in [7, 11) is 0. The molecule has 0 saturated carbocycles. The fourth-order valence-electron chi connectivity index (χ4n) is 3.04. The molecule has 0 spiro atoms. The van der Waals surface area contributed by atoms with E-state index in [2.05, 4.69) is 40.0 Å². The van der Waals surface area contributed by atoms with Gasteiger partial charge in [-0.3, -0.25) is 0 Å². The molecule has 0 saturated heterocycles. The van der Waals surface area contributed by atoms with Gasteiger partial charge in [0, 0.05) is 18.4 Å². The number of hydrogen-bond donors (Lipinski definition) is 1. The standard InChI is InChI=1S/C17H23N3O/c1-3-18-17-7-4-14-12-15(5-6-16(14)17)21-11-10-20-9-8-19-13(20)2/h5-6,8-9,12,17-18H,3-4,7,10-11H2,1-2H3. The molecule has 1 aliphatic rings. The molecule has 4 heteroatoms. The van der Waals surface area contributed by atoms with Gasteiger partial charge in [-0.25, -0.2) is 4.98 Å². The van der Waals surface area contributed by atoms with Crippen molar-refractivity contribution in [3.63, 3.8) is 0 Å². The molecular formula is C17H23N3O. The lowest BCUT2D eigenvalue weighted by Crippen LogP contribution is -2.18. The van der Waals surface area contributed by atoms with Crippen LogP contribution in [0.3, 0.4) is 0 Å². The SMILES string of the molecule is CCNC1CCc2cc(OCCn3ccnc3C)ccc21. The minimum atomic E-state index is 0.521. The van der Waals surface area contributed by atoms with Gasteiger partial charge >= 0.3 is 0 Å². The molecule has 1 heterocycles. The Morgan fingerprint density at radius 1 is 1.43 bits per heavy atom. The molecule has 1 atom stereocenters. The normalized spacial score (nSPS) is 17.0. The maximum absolute atomic E-state index is 5.89. The van der Waals surface area contributed by atoms with E-state index in [0.717, 1.165) is 31.1 Å². The number of imidazole rings is 1. The number of aryl methyl sites for hydroxylation is 2. The number of rotatable bonds is 6. The van der Waals surface area contributed by atoms with Crippen LogP contribution in [0.15, 0.2) is 30.6 Å². The molecule has 112 valence electrons. The lowest BCUT2D eigenvalue weighted by atomic mass is 10.1. The van der Waals surface area contributed by atoms with Crippen LogP contribution >= 0.6 is 0 Å². The molecule has 21 heavy (non-hydrogen) atoms. The van der Waals surface area contributed by atoms with E-state index in [1.54, 1.807) is 0 Å². The lowest BCUT2D eigenvalue weighted by Gasteiger charge is -2.13. The summed E-state index contributed by atoms with van der Waals surface area (Å²) in [6, 6.07) is 7.03. The summed E-state index contributed by atoms with van der Waals surface area (Å²) in [6.07, 6.45) is 6.15. The molecule has 0 aliphatic heterocycles. The van der Waals surface area contributed by atoms with Crippen molar-refractivity contribution in [3.05, 3.63) is 47.5 Å². The third kappa shape index (κ3) is 3.10. The van der Waals surface area contributed by atoms with Crippen LogP contribution in [0.25, 0.3) is 0 Å². The molecule has 4 nitrogen and oxygen atoms in total. The van der Waals surface area contributed by atoms with Gasteiger partial charge in [-0.2, -0.15) is 0 Å².